The molecule has 1 heterocycles. The predicted octanol–water partition coefficient (Wildman–Crippen LogP) is 0.780. The van der Waals surface area contributed by atoms with E-state index in [0.29, 0.717) is 0 Å². The van der Waals surface area contributed by atoms with Crippen LogP contribution in [0, 0.1) is 0 Å². The molecule has 11 heavy (non-hydrogen) atoms. The summed E-state index contributed by atoms with van der Waals surface area (Å²) in [6.07, 6.45) is 3.75. The molecule has 1 aromatic heterocycles. The summed E-state index contributed by atoms with van der Waals surface area (Å²) in [5, 5.41) is 7.47. The Hall–Kier alpha value is -0.915. The fourth-order valence-electron chi connectivity index (χ4n) is 0.292. The van der Waals surface area contributed by atoms with Crippen LogP contribution in [0.1, 0.15) is 0 Å². The average Bonchev–Trinajstić information content (AvgIpc) is 2.60. The lowest BCUT2D eigenvalue weighted by Gasteiger charge is -1.83. The van der Waals surface area contributed by atoms with E-state index in [0.717, 1.165) is 0 Å². The number of rotatable bonds is 2. The number of hydrogen-bond donors (Lipinski definition) is 2. The fourth-order valence-corrected chi connectivity index (χ4v) is 0.292. The average molecular weight is 165 g/mol. The maximum atomic E-state index is 10.3. The van der Waals surface area contributed by atoms with Crippen molar-refractivity contribution < 1.29 is 23.8 Å². The monoisotopic (exact) mass is 165 g/mol. The first-order chi connectivity index (χ1) is 5.31. The number of hydrogen-bond acceptors (Lipinski definition) is 3. The molecular weight excluding hydrogens is 159 g/mol. The predicted molar refractivity (Wildman–Crippen MR) is 33.2 cm³/mol. The van der Waals surface area contributed by atoms with E-state index in [-0.39, 0.29) is 0 Å². The zero-order valence-corrected chi connectivity index (χ0v) is 5.41. The van der Waals surface area contributed by atoms with Crippen molar-refractivity contribution in [2.45, 2.75) is 0 Å². The summed E-state index contributed by atoms with van der Waals surface area (Å²) in [6.45, 7) is 0. The molecule has 0 atom stereocenters. The summed E-state index contributed by atoms with van der Waals surface area (Å²) in [7, 11) is -2.40. The van der Waals surface area contributed by atoms with Gasteiger partial charge in [0.25, 0.3) is 0 Å². The van der Waals surface area contributed by atoms with E-state index in [9.17, 15) is 9.05 Å². The molecular formula is C4H6BF2NO3. The number of H-pyrrole nitrogens is 1. The van der Waals surface area contributed by atoms with E-state index < -0.39 is 7.32 Å². The molecule has 2 N–H and O–H groups in total. The minimum atomic E-state index is -2.40. The van der Waals surface area contributed by atoms with Crippen LogP contribution in [0.4, 0.5) is 9.05 Å². The van der Waals surface area contributed by atoms with Crippen molar-refractivity contribution >= 4 is 7.32 Å². The van der Waals surface area contributed by atoms with Gasteiger partial charge in [-0.1, -0.05) is 9.05 Å². The smallest absolute Gasteiger partial charge is 0.398 e. The van der Waals surface area contributed by atoms with Gasteiger partial charge in [-0.05, 0) is 12.1 Å². The summed E-state index contributed by atoms with van der Waals surface area (Å²) >= 11 is 0. The van der Waals surface area contributed by atoms with Crippen molar-refractivity contribution in [1.29, 1.82) is 0 Å². The lowest BCUT2D eigenvalue weighted by molar-refractivity contribution is -0.133. The number of aromatic nitrogens is 1. The Labute approximate surface area is 61.7 Å². The third kappa shape index (κ3) is 6.98. The second-order valence-electron chi connectivity index (χ2n) is 1.37. The van der Waals surface area contributed by atoms with Crippen LogP contribution in [0.3, 0.4) is 0 Å². The van der Waals surface area contributed by atoms with Gasteiger partial charge in [-0.3, -0.25) is 0 Å². The first-order valence-electron chi connectivity index (χ1n) is 2.62. The summed E-state index contributed by atoms with van der Waals surface area (Å²) in [6, 6.07) is 3.89. The van der Waals surface area contributed by atoms with E-state index in [1.807, 2.05) is 24.5 Å². The molecule has 0 aliphatic heterocycles. The van der Waals surface area contributed by atoms with Crippen LogP contribution in [-0.4, -0.2) is 17.3 Å². The molecule has 0 saturated heterocycles. The van der Waals surface area contributed by atoms with Crippen LogP contribution < -0.4 is 0 Å². The molecule has 0 aliphatic carbocycles. The van der Waals surface area contributed by atoms with Crippen molar-refractivity contribution in [3.8, 4) is 0 Å². The maximum Gasteiger partial charge on any atom is 0.702 e. The second-order valence-corrected chi connectivity index (χ2v) is 1.37. The van der Waals surface area contributed by atoms with Gasteiger partial charge in [0.1, 0.15) is 0 Å². The highest BCUT2D eigenvalue weighted by Crippen LogP contribution is 1.82. The van der Waals surface area contributed by atoms with Gasteiger partial charge >= 0.3 is 7.32 Å². The zero-order valence-electron chi connectivity index (χ0n) is 5.41. The van der Waals surface area contributed by atoms with Gasteiger partial charge in [0.15, 0.2) is 0 Å². The van der Waals surface area contributed by atoms with Crippen molar-refractivity contribution in [1.82, 2.24) is 4.98 Å². The third-order valence-corrected chi connectivity index (χ3v) is 0.648. The van der Waals surface area contributed by atoms with Crippen LogP contribution >= 0.6 is 0 Å². The van der Waals surface area contributed by atoms with Gasteiger partial charge < -0.3 is 10.0 Å². The van der Waals surface area contributed by atoms with Crippen molar-refractivity contribution in [3.63, 3.8) is 0 Å². The summed E-state index contributed by atoms with van der Waals surface area (Å²) in [5.74, 6) is 0. The van der Waals surface area contributed by atoms with E-state index in [1.54, 1.807) is 0 Å². The van der Waals surface area contributed by atoms with Crippen molar-refractivity contribution in [3.05, 3.63) is 24.5 Å². The summed E-state index contributed by atoms with van der Waals surface area (Å²) in [5.41, 5.74) is 0. The van der Waals surface area contributed by atoms with E-state index in [1.165, 1.54) is 0 Å². The highest BCUT2D eigenvalue weighted by Gasteiger charge is 2.15. The highest BCUT2D eigenvalue weighted by atomic mass is 19.3. The molecule has 0 fully saturated rings. The Bertz CT molecular complexity index is 130. The van der Waals surface area contributed by atoms with Crippen LogP contribution in [-0.2, 0) is 9.72 Å². The minimum Gasteiger partial charge on any atom is -0.398 e. The van der Waals surface area contributed by atoms with Crippen LogP contribution in [0.25, 0.3) is 0 Å². The van der Waals surface area contributed by atoms with Crippen LogP contribution in [0.5, 0.6) is 0 Å². The third-order valence-electron chi connectivity index (χ3n) is 0.648. The van der Waals surface area contributed by atoms with Gasteiger partial charge in [0.05, 0.1) is 0 Å². The van der Waals surface area contributed by atoms with Crippen LogP contribution in [0.15, 0.2) is 24.5 Å². The minimum absolute atomic E-state index is 1.88. The van der Waals surface area contributed by atoms with Gasteiger partial charge in [0.2, 0.25) is 0 Å². The molecule has 0 aromatic carbocycles. The molecule has 1 aromatic rings. The zero-order chi connectivity index (χ0) is 8.53. The molecule has 0 saturated carbocycles. The summed E-state index contributed by atoms with van der Waals surface area (Å²) in [4.78, 5) is 7.58. The number of halogens is 2. The molecule has 0 spiro atoms. The molecule has 1 rings (SSSR count). The number of nitrogens with one attached hydrogen (secondary N) is 1. The van der Waals surface area contributed by atoms with Crippen molar-refractivity contribution in [2.75, 3.05) is 0 Å². The van der Waals surface area contributed by atoms with Crippen LogP contribution in [0.2, 0.25) is 0 Å². The number of aromatic amines is 1. The Morgan fingerprint density at radius 1 is 1.18 bits per heavy atom. The molecule has 0 unspecified atom stereocenters. The van der Waals surface area contributed by atoms with E-state index in [4.69, 9.17) is 5.02 Å². The Balaban J connectivity index is 0.000000183. The summed E-state index contributed by atoms with van der Waals surface area (Å²) < 4.78 is 20.5. The van der Waals surface area contributed by atoms with Gasteiger partial charge in [-0.15, -0.1) is 0 Å². The molecule has 0 amide bonds. The topological polar surface area (TPSA) is 54.5 Å². The largest absolute Gasteiger partial charge is 0.702 e. The normalized spacial score (nSPS) is 8.27. The molecule has 0 aliphatic rings. The first-order valence-corrected chi connectivity index (χ1v) is 2.62. The first kappa shape index (κ1) is 10.1. The molecule has 0 radical (unpaired) electrons. The second kappa shape index (κ2) is 7.20. The molecule has 62 valence electrons. The lowest BCUT2D eigenvalue weighted by atomic mass is 10.3. The Morgan fingerprint density at radius 2 is 1.64 bits per heavy atom. The molecule has 0 bridgehead atoms. The van der Waals surface area contributed by atoms with E-state index in [2.05, 4.69) is 14.7 Å². The highest BCUT2D eigenvalue weighted by molar-refractivity contribution is 6.33. The van der Waals surface area contributed by atoms with Crippen molar-refractivity contribution in [2.24, 2.45) is 0 Å². The quantitative estimate of drug-likeness (QED) is 0.636. The SMILES string of the molecule is OB(OF)OF.c1cc[nH]c1. The lowest BCUT2D eigenvalue weighted by Crippen LogP contribution is -2.13. The Morgan fingerprint density at radius 3 is 1.73 bits per heavy atom. The standard InChI is InChI=1S/C4H5N.BF2HO3/c1-2-4-5-3-1;2-5-1(4)6-3/h1-5H;4H. The molecule has 4 nitrogen and oxygen atoms in total. The Kier molecular flexibility index (Phi) is 6.60. The van der Waals surface area contributed by atoms with Gasteiger partial charge in [-0.25, -0.2) is 0 Å². The maximum absolute atomic E-state index is 10.3. The molecule has 7 heteroatoms. The van der Waals surface area contributed by atoms with Gasteiger partial charge in [-0.2, -0.15) is 9.72 Å². The fraction of sp³-hybridized carbons (Fsp3) is 0. The van der Waals surface area contributed by atoms with E-state index >= 15 is 0 Å². The van der Waals surface area contributed by atoms with Gasteiger partial charge in [0, 0.05) is 12.4 Å².